The van der Waals surface area contributed by atoms with Crippen LogP contribution in [-0.4, -0.2) is 31.7 Å². The molecule has 0 atom stereocenters. The molecule has 1 N–H and O–H groups in total. The normalized spacial score (nSPS) is 11.4. The molecule has 0 unspecified atom stereocenters. The number of hydrogen-bond donors (Lipinski definition) is 1. The van der Waals surface area contributed by atoms with Crippen molar-refractivity contribution in [3.05, 3.63) is 106 Å². The summed E-state index contributed by atoms with van der Waals surface area (Å²) in [6, 6.07) is 20.5. The smallest absolute Gasteiger partial charge is 0.339 e. The third kappa shape index (κ3) is 6.28. The zero-order valence-corrected chi connectivity index (χ0v) is 22.5. The van der Waals surface area contributed by atoms with Crippen molar-refractivity contribution in [1.29, 1.82) is 0 Å². The molecule has 1 aromatic heterocycles. The first-order chi connectivity index (χ1) is 17.8. The van der Waals surface area contributed by atoms with Gasteiger partial charge in [0.05, 0.1) is 28.5 Å². The van der Waals surface area contributed by atoms with E-state index in [1.807, 2.05) is 48.1 Å². The second-order valence-electron chi connectivity index (χ2n) is 7.92. The summed E-state index contributed by atoms with van der Waals surface area (Å²) < 4.78 is 38.9. The minimum Gasteiger partial charge on any atom is -0.490 e. The Bertz CT molecular complexity index is 1530. The number of aryl methyl sites for hydroxylation is 1. The van der Waals surface area contributed by atoms with E-state index in [4.69, 9.17) is 8.92 Å². The minimum atomic E-state index is -4.09. The van der Waals surface area contributed by atoms with Gasteiger partial charge in [0.15, 0.2) is 11.5 Å². The summed E-state index contributed by atoms with van der Waals surface area (Å²) >= 11 is 3.37. The van der Waals surface area contributed by atoms with Gasteiger partial charge in [0.1, 0.15) is 4.90 Å². The first-order valence-corrected chi connectivity index (χ1v) is 13.5. The summed E-state index contributed by atoms with van der Waals surface area (Å²) in [5.74, 6) is -0.156. The van der Waals surface area contributed by atoms with Crippen LogP contribution in [0, 0.1) is 6.92 Å². The monoisotopic (exact) mass is 581 g/mol. The Hall–Kier alpha value is -3.89. The van der Waals surface area contributed by atoms with E-state index in [-0.39, 0.29) is 28.9 Å². The lowest BCUT2D eigenvalue weighted by atomic mass is 10.1. The Labute approximate surface area is 223 Å². The minimum absolute atomic E-state index is 0.0178. The van der Waals surface area contributed by atoms with Crippen molar-refractivity contribution >= 4 is 38.2 Å². The molecule has 10 heteroatoms. The van der Waals surface area contributed by atoms with Crippen molar-refractivity contribution in [2.75, 3.05) is 6.61 Å². The quantitative estimate of drug-likeness (QED) is 0.160. The molecule has 0 aliphatic rings. The molecule has 0 fully saturated rings. The van der Waals surface area contributed by atoms with Crippen molar-refractivity contribution in [3.63, 3.8) is 0 Å². The number of halogens is 1. The third-order valence-electron chi connectivity index (χ3n) is 5.25. The Morgan fingerprint density at radius 2 is 1.76 bits per heavy atom. The van der Waals surface area contributed by atoms with Gasteiger partial charge in [-0.3, -0.25) is 4.79 Å². The van der Waals surface area contributed by atoms with Crippen LogP contribution in [0.5, 0.6) is 11.5 Å². The lowest BCUT2D eigenvalue weighted by Gasteiger charge is -2.14. The van der Waals surface area contributed by atoms with Gasteiger partial charge in [0.25, 0.3) is 5.91 Å². The Morgan fingerprint density at radius 3 is 2.46 bits per heavy atom. The van der Waals surface area contributed by atoms with Crippen LogP contribution in [0.4, 0.5) is 0 Å². The molecule has 4 aromatic rings. The predicted octanol–water partition coefficient (Wildman–Crippen LogP) is 5.48. The van der Waals surface area contributed by atoms with Crippen LogP contribution in [0.25, 0.3) is 5.69 Å². The number of carbonyl (C=O) groups excluding carboxylic acids is 1. The third-order valence-corrected chi connectivity index (χ3v) is 7.07. The molecular formula is C27H24BrN3O5S. The van der Waals surface area contributed by atoms with Gasteiger partial charge in [-0.25, -0.2) is 5.43 Å². The fourth-order valence-electron chi connectivity index (χ4n) is 3.48. The molecular weight excluding hydrogens is 558 g/mol. The van der Waals surface area contributed by atoms with Gasteiger partial charge in [-0.2, -0.15) is 13.5 Å². The summed E-state index contributed by atoms with van der Waals surface area (Å²) in [6.07, 6.45) is 5.14. The summed E-state index contributed by atoms with van der Waals surface area (Å²) in [7, 11) is -4.09. The standard InChI is InChI=1S/C27H24BrN3O5S/c1-3-35-25-17-20(16-23(28)26(25)36-37(33,34)21-12-10-19(2)11-13-21)18-29-30-27(32)22-8-4-5-9-24(22)31-14-6-7-15-31/h4-18H,3H2,1-2H3,(H,30,32)/b29-18-. The molecule has 0 spiro atoms. The average molecular weight is 582 g/mol. The number of rotatable bonds is 9. The molecule has 190 valence electrons. The number of nitrogens with one attached hydrogen (secondary N) is 1. The van der Waals surface area contributed by atoms with E-state index < -0.39 is 10.1 Å². The van der Waals surface area contributed by atoms with Gasteiger partial charge in [-0.1, -0.05) is 29.8 Å². The van der Waals surface area contributed by atoms with Crippen LogP contribution in [0.2, 0.25) is 0 Å². The summed E-state index contributed by atoms with van der Waals surface area (Å²) in [4.78, 5) is 12.8. The van der Waals surface area contributed by atoms with Gasteiger partial charge in [-0.15, -0.1) is 0 Å². The maximum atomic E-state index is 12.8. The molecule has 4 rings (SSSR count). The van der Waals surface area contributed by atoms with Crippen molar-refractivity contribution in [3.8, 4) is 17.2 Å². The highest BCUT2D eigenvalue weighted by molar-refractivity contribution is 9.10. The fraction of sp³-hybridized carbons (Fsp3) is 0.111. The topological polar surface area (TPSA) is 99.0 Å². The summed E-state index contributed by atoms with van der Waals surface area (Å²) in [5, 5.41) is 4.07. The number of aromatic nitrogens is 1. The van der Waals surface area contributed by atoms with E-state index in [0.717, 1.165) is 11.3 Å². The lowest BCUT2D eigenvalue weighted by Crippen LogP contribution is -2.19. The van der Waals surface area contributed by atoms with Crippen molar-refractivity contribution < 1.29 is 22.1 Å². The SMILES string of the molecule is CCOc1cc(/C=N\NC(=O)c2ccccc2-n2cccc2)cc(Br)c1OS(=O)(=O)c1ccc(C)cc1. The van der Waals surface area contributed by atoms with E-state index in [2.05, 4.69) is 26.5 Å². The maximum absolute atomic E-state index is 12.8. The first-order valence-electron chi connectivity index (χ1n) is 11.3. The zero-order valence-electron chi connectivity index (χ0n) is 20.1. The number of amides is 1. The van der Waals surface area contributed by atoms with Gasteiger partial charge < -0.3 is 13.5 Å². The fourth-order valence-corrected chi connectivity index (χ4v) is 5.09. The van der Waals surface area contributed by atoms with Crippen LogP contribution in [0.15, 0.2) is 99.7 Å². The molecule has 0 aliphatic heterocycles. The predicted molar refractivity (Wildman–Crippen MR) is 145 cm³/mol. The Balaban J connectivity index is 1.55. The molecule has 0 saturated carbocycles. The van der Waals surface area contributed by atoms with Crippen LogP contribution in [0.1, 0.15) is 28.4 Å². The second-order valence-corrected chi connectivity index (χ2v) is 10.3. The summed E-state index contributed by atoms with van der Waals surface area (Å²) in [5.41, 5.74) is 5.19. The molecule has 0 saturated heterocycles. The van der Waals surface area contributed by atoms with Gasteiger partial charge in [0, 0.05) is 12.4 Å². The van der Waals surface area contributed by atoms with Crippen LogP contribution >= 0.6 is 15.9 Å². The molecule has 1 heterocycles. The van der Waals surface area contributed by atoms with Crippen molar-refractivity contribution in [2.24, 2.45) is 5.10 Å². The van der Waals surface area contributed by atoms with Crippen molar-refractivity contribution in [1.82, 2.24) is 9.99 Å². The first kappa shape index (κ1) is 26.2. The van der Waals surface area contributed by atoms with Gasteiger partial charge in [-0.05, 0) is 83.9 Å². The lowest BCUT2D eigenvalue weighted by molar-refractivity contribution is 0.0955. The highest BCUT2D eigenvalue weighted by Gasteiger charge is 2.22. The van der Waals surface area contributed by atoms with E-state index in [0.29, 0.717) is 15.6 Å². The molecule has 8 nitrogen and oxygen atoms in total. The zero-order chi connectivity index (χ0) is 26.4. The molecule has 0 aliphatic carbocycles. The number of para-hydroxylation sites is 1. The van der Waals surface area contributed by atoms with E-state index in [1.165, 1.54) is 18.3 Å². The van der Waals surface area contributed by atoms with Gasteiger partial charge in [0.2, 0.25) is 0 Å². The maximum Gasteiger partial charge on any atom is 0.339 e. The Morgan fingerprint density at radius 1 is 1.05 bits per heavy atom. The molecule has 1 amide bonds. The largest absolute Gasteiger partial charge is 0.490 e. The van der Waals surface area contributed by atoms with Crippen LogP contribution in [-0.2, 0) is 10.1 Å². The molecule has 37 heavy (non-hydrogen) atoms. The number of ether oxygens (including phenoxy) is 1. The van der Waals surface area contributed by atoms with E-state index >= 15 is 0 Å². The highest BCUT2D eigenvalue weighted by Crippen LogP contribution is 2.38. The van der Waals surface area contributed by atoms with Crippen molar-refractivity contribution in [2.45, 2.75) is 18.7 Å². The number of hydrogen-bond acceptors (Lipinski definition) is 6. The average Bonchev–Trinajstić information content (AvgIpc) is 3.41. The molecule has 3 aromatic carbocycles. The second kappa shape index (κ2) is 11.4. The van der Waals surface area contributed by atoms with E-state index in [9.17, 15) is 13.2 Å². The number of benzene rings is 3. The van der Waals surface area contributed by atoms with Crippen LogP contribution < -0.4 is 14.3 Å². The molecule has 0 bridgehead atoms. The molecule has 0 radical (unpaired) electrons. The van der Waals surface area contributed by atoms with Gasteiger partial charge >= 0.3 is 10.1 Å². The number of hydrazone groups is 1. The number of nitrogens with zero attached hydrogens (tertiary/aromatic N) is 2. The number of carbonyl (C=O) groups is 1. The van der Waals surface area contributed by atoms with E-state index in [1.54, 1.807) is 43.3 Å². The summed E-state index contributed by atoms with van der Waals surface area (Å²) in [6.45, 7) is 3.92. The Kier molecular flexibility index (Phi) is 8.10. The highest BCUT2D eigenvalue weighted by atomic mass is 79.9. The van der Waals surface area contributed by atoms with Crippen LogP contribution in [0.3, 0.4) is 0 Å².